The molecule has 0 spiro atoms. The highest BCUT2D eigenvalue weighted by atomic mass is 79.9. The highest BCUT2D eigenvalue weighted by molar-refractivity contribution is 9.09. The minimum absolute atomic E-state index is 0.790. The van der Waals surface area contributed by atoms with Gasteiger partial charge < -0.3 is 10.1 Å². The van der Waals surface area contributed by atoms with Crippen molar-refractivity contribution >= 4 is 15.9 Å². The zero-order valence-corrected chi connectivity index (χ0v) is 11.9. The van der Waals surface area contributed by atoms with Crippen molar-refractivity contribution in [2.75, 3.05) is 25.0 Å². The predicted molar refractivity (Wildman–Crippen MR) is 77.1 cm³/mol. The lowest BCUT2D eigenvalue weighted by atomic mass is 10.2. The van der Waals surface area contributed by atoms with Crippen molar-refractivity contribution in [2.24, 2.45) is 0 Å². The Labute approximate surface area is 113 Å². The molecule has 0 saturated heterocycles. The summed E-state index contributed by atoms with van der Waals surface area (Å²) in [6.07, 6.45) is 4.91. The molecule has 1 rings (SSSR count). The van der Waals surface area contributed by atoms with Crippen molar-refractivity contribution in [2.45, 2.75) is 25.7 Å². The molecule has 96 valence electrons. The van der Waals surface area contributed by atoms with Crippen LogP contribution in [0.15, 0.2) is 30.3 Å². The first kappa shape index (κ1) is 14.5. The third kappa shape index (κ3) is 8.22. The van der Waals surface area contributed by atoms with E-state index in [4.69, 9.17) is 4.74 Å². The smallest absolute Gasteiger partial charge is 0.119 e. The molecule has 2 nitrogen and oxygen atoms in total. The quantitative estimate of drug-likeness (QED) is 0.526. The van der Waals surface area contributed by atoms with E-state index < -0.39 is 0 Å². The topological polar surface area (TPSA) is 21.3 Å². The minimum atomic E-state index is 0.790. The summed E-state index contributed by atoms with van der Waals surface area (Å²) in [5, 5.41) is 4.56. The molecular weight excluding hydrogens is 278 g/mol. The van der Waals surface area contributed by atoms with Crippen LogP contribution >= 0.6 is 15.9 Å². The van der Waals surface area contributed by atoms with Crippen molar-refractivity contribution < 1.29 is 4.74 Å². The van der Waals surface area contributed by atoms with E-state index in [0.29, 0.717) is 0 Å². The third-order valence-electron chi connectivity index (χ3n) is 2.50. The summed E-state index contributed by atoms with van der Waals surface area (Å²) >= 11 is 3.44. The Hall–Kier alpha value is -0.540. The Morgan fingerprint density at radius 1 is 0.941 bits per heavy atom. The van der Waals surface area contributed by atoms with Gasteiger partial charge in [-0.1, -0.05) is 40.5 Å². The summed E-state index contributed by atoms with van der Waals surface area (Å²) in [4.78, 5) is 0. The second-order valence-electron chi connectivity index (χ2n) is 4.01. The van der Waals surface area contributed by atoms with Gasteiger partial charge in [0, 0.05) is 5.33 Å². The molecule has 17 heavy (non-hydrogen) atoms. The molecule has 0 fully saturated rings. The molecule has 0 bridgehead atoms. The van der Waals surface area contributed by atoms with Crippen LogP contribution in [0.5, 0.6) is 5.75 Å². The lowest BCUT2D eigenvalue weighted by Crippen LogP contribution is -2.18. The monoisotopic (exact) mass is 299 g/mol. The maximum atomic E-state index is 5.60. The number of rotatable bonds is 10. The van der Waals surface area contributed by atoms with E-state index in [-0.39, 0.29) is 0 Å². The van der Waals surface area contributed by atoms with Gasteiger partial charge in [0.25, 0.3) is 0 Å². The molecule has 0 heterocycles. The van der Waals surface area contributed by atoms with Crippen LogP contribution in [-0.4, -0.2) is 25.0 Å². The molecular formula is C14H22BrNO. The first-order chi connectivity index (χ1) is 8.43. The number of alkyl halides is 1. The first-order valence-corrected chi connectivity index (χ1v) is 7.50. The second kappa shape index (κ2) is 10.6. The van der Waals surface area contributed by atoms with Gasteiger partial charge in [-0.3, -0.25) is 0 Å². The SMILES string of the molecule is BrCCCCCNCCCOc1ccccc1. The van der Waals surface area contributed by atoms with Crippen LogP contribution in [0.4, 0.5) is 0 Å². The van der Waals surface area contributed by atoms with Crippen molar-refractivity contribution in [1.82, 2.24) is 5.32 Å². The number of hydrogen-bond donors (Lipinski definition) is 1. The Kier molecular flexibility index (Phi) is 9.06. The maximum absolute atomic E-state index is 5.60. The van der Waals surface area contributed by atoms with Crippen LogP contribution in [0.25, 0.3) is 0 Å². The van der Waals surface area contributed by atoms with Gasteiger partial charge in [-0.15, -0.1) is 0 Å². The molecule has 0 aromatic heterocycles. The summed E-state index contributed by atoms with van der Waals surface area (Å²) in [5.74, 6) is 0.963. The average molecular weight is 300 g/mol. The Bertz CT molecular complexity index is 266. The highest BCUT2D eigenvalue weighted by Gasteiger charge is 1.92. The van der Waals surface area contributed by atoms with Crippen LogP contribution in [0.1, 0.15) is 25.7 Å². The van der Waals surface area contributed by atoms with E-state index in [0.717, 1.165) is 37.2 Å². The molecule has 0 amide bonds. The molecule has 0 radical (unpaired) electrons. The van der Waals surface area contributed by atoms with E-state index in [1.807, 2.05) is 30.3 Å². The predicted octanol–water partition coefficient (Wildman–Crippen LogP) is 3.61. The van der Waals surface area contributed by atoms with Gasteiger partial charge >= 0.3 is 0 Å². The van der Waals surface area contributed by atoms with Gasteiger partial charge in [0.1, 0.15) is 5.75 Å². The summed E-state index contributed by atoms with van der Waals surface area (Å²) < 4.78 is 5.60. The molecule has 1 N–H and O–H groups in total. The zero-order valence-electron chi connectivity index (χ0n) is 10.3. The molecule has 0 unspecified atom stereocenters. The highest BCUT2D eigenvalue weighted by Crippen LogP contribution is 2.07. The van der Waals surface area contributed by atoms with E-state index in [9.17, 15) is 0 Å². The fourth-order valence-corrected chi connectivity index (χ4v) is 1.95. The van der Waals surface area contributed by atoms with Gasteiger partial charge in [0.15, 0.2) is 0 Å². The number of para-hydroxylation sites is 1. The van der Waals surface area contributed by atoms with Crippen molar-refractivity contribution in [3.63, 3.8) is 0 Å². The fraction of sp³-hybridized carbons (Fsp3) is 0.571. The van der Waals surface area contributed by atoms with Crippen LogP contribution < -0.4 is 10.1 Å². The fourth-order valence-electron chi connectivity index (χ4n) is 1.55. The summed E-state index contributed by atoms with van der Waals surface area (Å²) in [7, 11) is 0. The largest absolute Gasteiger partial charge is 0.494 e. The zero-order chi connectivity index (χ0) is 12.2. The maximum Gasteiger partial charge on any atom is 0.119 e. The van der Waals surface area contributed by atoms with Crippen LogP contribution in [0.3, 0.4) is 0 Å². The lowest BCUT2D eigenvalue weighted by molar-refractivity contribution is 0.308. The van der Waals surface area contributed by atoms with Gasteiger partial charge in [-0.05, 0) is 44.5 Å². The lowest BCUT2D eigenvalue weighted by Gasteiger charge is -2.06. The Morgan fingerprint density at radius 2 is 1.71 bits per heavy atom. The first-order valence-electron chi connectivity index (χ1n) is 6.38. The van der Waals surface area contributed by atoms with Crippen LogP contribution in [-0.2, 0) is 0 Å². The molecule has 3 heteroatoms. The summed E-state index contributed by atoms with van der Waals surface area (Å²) in [6, 6.07) is 9.98. The van der Waals surface area contributed by atoms with E-state index in [2.05, 4.69) is 21.2 Å². The third-order valence-corrected chi connectivity index (χ3v) is 3.06. The van der Waals surface area contributed by atoms with E-state index in [1.165, 1.54) is 19.3 Å². The van der Waals surface area contributed by atoms with Gasteiger partial charge in [-0.2, -0.15) is 0 Å². The number of ether oxygens (including phenoxy) is 1. The average Bonchev–Trinajstić information content (AvgIpc) is 2.38. The van der Waals surface area contributed by atoms with Crippen molar-refractivity contribution in [3.8, 4) is 5.75 Å². The standard InChI is InChI=1S/C14H22BrNO/c15-10-5-2-6-11-16-12-7-13-17-14-8-3-1-4-9-14/h1,3-4,8-9,16H,2,5-7,10-13H2. The van der Waals surface area contributed by atoms with Crippen molar-refractivity contribution in [3.05, 3.63) is 30.3 Å². The molecule has 0 atom stereocenters. The number of hydrogen-bond acceptors (Lipinski definition) is 2. The Balaban J connectivity index is 1.85. The summed E-state index contributed by atoms with van der Waals surface area (Å²) in [5.41, 5.74) is 0. The number of nitrogens with one attached hydrogen (secondary N) is 1. The van der Waals surface area contributed by atoms with E-state index >= 15 is 0 Å². The molecule has 1 aromatic carbocycles. The van der Waals surface area contributed by atoms with Crippen LogP contribution in [0, 0.1) is 0 Å². The molecule has 1 aromatic rings. The summed E-state index contributed by atoms with van der Waals surface area (Å²) in [6.45, 7) is 2.96. The van der Waals surface area contributed by atoms with Gasteiger partial charge in [0.05, 0.1) is 6.61 Å². The van der Waals surface area contributed by atoms with Crippen molar-refractivity contribution in [1.29, 1.82) is 0 Å². The number of halogens is 1. The minimum Gasteiger partial charge on any atom is -0.494 e. The molecule has 0 aliphatic carbocycles. The normalized spacial score (nSPS) is 10.4. The van der Waals surface area contributed by atoms with Gasteiger partial charge in [-0.25, -0.2) is 0 Å². The van der Waals surface area contributed by atoms with Gasteiger partial charge in [0.2, 0.25) is 0 Å². The number of benzene rings is 1. The Morgan fingerprint density at radius 3 is 2.47 bits per heavy atom. The van der Waals surface area contributed by atoms with E-state index in [1.54, 1.807) is 0 Å². The number of unbranched alkanes of at least 4 members (excludes halogenated alkanes) is 2. The molecule has 0 saturated carbocycles. The van der Waals surface area contributed by atoms with Crippen LogP contribution in [0.2, 0.25) is 0 Å². The molecule has 0 aliphatic heterocycles. The second-order valence-corrected chi connectivity index (χ2v) is 4.81. The molecule has 0 aliphatic rings.